The molecule has 1 aromatic carbocycles. The minimum Gasteiger partial charge on any atom is -0.443 e. The first kappa shape index (κ1) is 15.1. The van der Waals surface area contributed by atoms with Crippen LogP contribution in [0.25, 0.3) is 0 Å². The van der Waals surface area contributed by atoms with Crippen LogP contribution in [-0.2, 0) is 14.6 Å². The quantitative estimate of drug-likeness (QED) is 0.809. The zero-order chi connectivity index (χ0) is 14.9. The van der Waals surface area contributed by atoms with Gasteiger partial charge in [0.15, 0.2) is 9.84 Å². The van der Waals surface area contributed by atoms with Crippen LogP contribution < -0.4 is 9.62 Å². The maximum Gasteiger partial charge on any atom is 0.414 e. The van der Waals surface area contributed by atoms with Gasteiger partial charge in [-0.1, -0.05) is 12.8 Å². The summed E-state index contributed by atoms with van der Waals surface area (Å²) in [4.78, 5) is 12.5. The van der Waals surface area contributed by atoms with Gasteiger partial charge in [0, 0.05) is 12.8 Å². The van der Waals surface area contributed by atoms with Crippen molar-refractivity contribution in [2.24, 2.45) is 0 Å². The first-order valence-corrected chi connectivity index (χ1v) is 8.01. The number of anilines is 1. The summed E-state index contributed by atoms with van der Waals surface area (Å²) in [5.74, 6) is -0.895. The van der Waals surface area contributed by atoms with Crippen molar-refractivity contribution in [3.63, 3.8) is 0 Å². The van der Waals surface area contributed by atoms with E-state index >= 15 is 0 Å². The minimum absolute atomic E-state index is 0.240. The average Bonchev–Trinajstić information content (AvgIpc) is 2.69. The predicted molar refractivity (Wildman–Crippen MR) is 74.1 cm³/mol. The predicted octanol–water partition coefficient (Wildman–Crippen LogP) is 0.989. The second-order valence-electron chi connectivity index (χ2n) is 4.37. The Hall–Kier alpha value is -1.32. The van der Waals surface area contributed by atoms with Crippen LogP contribution in [0.1, 0.15) is 0 Å². The molecule has 0 radical (unpaired) electrons. The Morgan fingerprint density at radius 3 is 2.80 bits per heavy atom. The standard InChI is InChI=1S/C11H13FN2O4S2/c1-20(16,17)10-3-2-7(4-9(10)12)14-6-8(5-13-19)18-11(14)15/h2-4,8,13,19H,5-6H2,1H3/t8-/m1/s1. The van der Waals surface area contributed by atoms with Gasteiger partial charge in [-0.2, -0.15) is 0 Å². The van der Waals surface area contributed by atoms with Gasteiger partial charge < -0.3 is 4.74 Å². The summed E-state index contributed by atoms with van der Waals surface area (Å²) in [6.45, 7) is 0.597. The van der Waals surface area contributed by atoms with Gasteiger partial charge in [0.05, 0.1) is 12.2 Å². The highest BCUT2D eigenvalue weighted by Gasteiger charge is 2.32. The molecule has 1 aliphatic rings. The first-order valence-electron chi connectivity index (χ1n) is 5.67. The third-order valence-corrected chi connectivity index (χ3v) is 4.13. The Balaban J connectivity index is 2.27. The SMILES string of the molecule is CS(=O)(=O)c1ccc(N2C[C@@H](CNS)OC2=O)cc1F. The lowest BCUT2D eigenvalue weighted by Crippen LogP contribution is -2.27. The highest BCUT2D eigenvalue weighted by atomic mass is 32.2. The van der Waals surface area contributed by atoms with Gasteiger partial charge in [0.1, 0.15) is 16.8 Å². The molecule has 1 aliphatic heterocycles. The van der Waals surface area contributed by atoms with Gasteiger partial charge in [0.2, 0.25) is 0 Å². The number of carbonyl (C=O) groups excluding carboxylic acids is 1. The van der Waals surface area contributed by atoms with E-state index in [1.165, 1.54) is 11.0 Å². The molecule has 1 N–H and O–H groups in total. The number of ether oxygens (including phenoxy) is 1. The summed E-state index contributed by atoms with van der Waals surface area (Å²) in [5.41, 5.74) is 0.251. The lowest BCUT2D eigenvalue weighted by atomic mass is 10.2. The largest absolute Gasteiger partial charge is 0.443 e. The molecule has 1 heterocycles. The van der Waals surface area contributed by atoms with Crippen LogP contribution in [0.4, 0.5) is 14.9 Å². The molecule has 0 bridgehead atoms. The van der Waals surface area contributed by atoms with Gasteiger partial charge in [-0.05, 0) is 18.2 Å². The fourth-order valence-electron chi connectivity index (χ4n) is 1.90. The summed E-state index contributed by atoms with van der Waals surface area (Å²) in [6.07, 6.45) is -0.0772. The van der Waals surface area contributed by atoms with E-state index in [0.717, 1.165) is 18.4 Å². The molecule has 0 saturated carbocycles. The minimum atomic E-state index is -3.64. The van der Waals surface area contributed by atoms with Crippen molar-refractivity contribution in [2.45, 2.75) is 11.0 Å². The second kappa shape index (κ2) is 5.58. The molecule has 6 nitrogen and oxygen atoms in total. The summed E-state index contributed by atoms with van der Waals surface area (Å²) in [6, 6.07) is 3.52. The molecule has 0 unspecified atom stereocenters. The molecule has 1 saturated heterocycles. The van der Waals surface area contributed by atoms with Crippen molar-refractivity contribution in [2.75, 3.05) is 24.2 Å². The van der Waals surface area contributed by atoms with Crippen molar-refractivity contribution in [3.05, 3.63) is 24.0 Å². The summed E-state index contributed by atoms with van der Waals surface area (Å²) in [7, 11) is -3.64. The molecule has 9 heteroatoms. The van der Waals surface area contributed by atoms with Crippen molar-refractivity contribution in [1.82, 2.24) is 4.72 Å². The van der Waals surface area contributed by atoms with E-state index in [9.17, 15) is 17.6 Å². The third kappa shape index (κ3) is 3.05. The Bertz CT molecular complexity index is 635. The highest BCUT2D eigenvalue weighted by Crippen LogP contribution is 2.25. The second-order valence-corrected chi connectivity index (χ2v) is 6.67. The number of nitrogens with zero attached hydrogens (tertiary/aromatic N) is 1. The number of hydrogen-bond donors (Lipinski definition) is 2. The molecule has 0 aliphatic carbocycles. The van der Waals surface area contributed by atoms with Gasteiger partial charge >= 0.3 is 6.09 Å². The van der Waals surface area contributed by atoms with Gasteiger partial charge in [-0.25, -0.2) is 17.6 Å². The number of cyclic esters (lactones) is 1. The Kier molecular flexibility index (Phi) is 4.21. The molecule has 2 rings (SSSR count). The number of carbonyl (C=O) groups is 1. The van der Waals surface area contributed by atoms with E-state index in [1.807, 2.05) is 0 Å². The normalized spacial score (nSPS) is 19.2. The Morgan fingerprint density at radius 1 is 1.55 bits per heavy atom. The van der Waals surface area contributed by atoms with E-state index in [-0.39, 0.29) is 12.2 Å². The number of benzene rings is 1. The molecular weight excluding hydrogens is 307 g/mol. The van der Waals surface area contributed by atoms with E-state index in [4.69, 9.17) is 4.74 Å². The van der Waals surface area contributed by atoms with Crippen LogP contribution in [-0.4, -0.2) is 40.0 Å². The fourth-order valence-corrected chi connectivity index (χ4v) is 2.83. The fraction of sp³-hybridized carbons (Fsp3) is 0.364. The van der Waals surface area contributed by atoms with Crippen LogP contribution >= 0.6 is 12.8 Å². The lowest BCUT2D eigenvalue weighted by Gasteiger charge is -2.13. The average molecular weight is 320 g/mol. The smallest absolute Gasteiger partial charge is 0.414 e. The maximum atomic E-state index is 13.8. The third-order valence-electron chi connectivity index (χ3n) is 2.82. The first-order chi connectivity index (χ1) is 9.32. The molecule has 20 heavy (non-hydrogen) atoms. The molecular formula is C11H13FN2O4S2. The van der Waals surface area contributed by atoms with Crippen LogP contribution in [0.15, 0.2) is 23.1 Å². The topological polar surface area (TPSA) is 75.7 Å². The number of thiol groups is 1. The van der Waals surface area contributed by atoms with E-state index in [1.54, 1.807) is 0 Å². The number of sulfone groups is 1. The monoisotopic (exact) mass is 320 g/mol. The van der Waals surface area contributed by atoms with Crippen LogP contribution in [0.2, 0.25) is 0 Å². The summed E-state index contributed by atoms with van der Waals surface area (Å²) in [5, 5.41) is 0. The van der Waals surface area contributed by atoms with E-state index < -0.39 is 32.7 Å². The zero-order valence-corrected chi connectivity index (χ0v) is 12.2. The highest BCUT2D eigenvalue weighted by molar-refractivity contribution is 7.90. The van der Waals surface area contributed by atoms with E-state index in [2.05, 4.69) is 17.5 Å². The molecule has 0 aromatic heterocycles. The molecule has 110 valence electrons. The number of rotatable bonds is 4. The van der Waals surface area contributed by atoms with Crippen LogP contribution in [0.5, 0.6) is 0 Å². The van der Waals surface area contributed by atoms with Crippen molar-refractivity contribution in [1.29, 1.82) is 0 Å². The molecule has 1 fully saturated rings. The Labute approximate surface area is 121 Å². The van der Waals surface area contributed by atoms with Crippen LogP contribution in [0.3, 0.4) is 0 Å². The molecule has 1 atom stereocenters. The molecule has 1 amide bonds. The van der Waals surface area contributed by atoms with Gasteiger partial charge in [0.25, 0.3) is 0 Å². The van der Waals surface area contributed by atoms with Crippen molar-refractivity contribution < 1.29 is 22.3 Å². The zero-order valence-electron chi connectivity index (χ0n) is 10.5. The maximum absolute atomic E-state index is 13.8. The van der Waals surface area contributed by atoms with E-state index in [0.29, 0.717) is 6.54 Å². The molecule has 0 spiro atoms. The van der Waals surface area contributed by atoms with Gasteiger partial charge in [-0.3, -0.25) is 9.62 Å². The summed E-state index contributed by atoms with van der Waals surface area (Å²) < 4.78 is 44.1. The summed E-state index contributed by atoms with van der Waals surface area (Å²) >= 11 is 3.82. The number of nitrogens with one attached hydrogen (secondary N) is 1. The number of hydrogen-bond acceptors (Lipinski definition) is 6. The number of amides is 1. The van der Waals surface area contributed by atoms with Gasteiger partial charge in [-0.15, -0.1) is 0 Å². The van der Waals surface area contributed by atoms with Crippen molar-refractivity contribution >= 4 is 34.4 Å². The number of halogens is 1. The van der Waals surface area contributed by atoms with Crippen LogP contribution in [0, 0.1) is 5.82 Å². The van der Waals surface area contributed by atoms with Crippen molar-refractivity contribution in [3.8, 4) is 0 Å². The lowest BCUT2D eigenvalue weighted by molar-refractivity contribution is 0.143. The Morgan fingerprint density at radius 2 is 2.25 bits per heavy atom. The molecule has 1 aromatic rings.